The highest BCUT2D eigenvalue weighted by molar-refractivity contribution is 14.0. The molecule has 1 aliphatic rings. The summed E-state index contributed by atoms with van der Waals surface area (Å²) >= 11 is 0. The highest BCUT2D eigenvalue weighted by Crippen LogP contribution is 2.27. The SMILES string of the molecule is CCNC(=NCC(C)CN1CCCC1)N(C)CCc1ccc(OC)c(OC)c1.I. The van der Waals surface area contributed by atoms with Crippen LogP contribution in [0.3, 0.4) is 0 Å². The molecule has 1 aliphatic heterocycles. The number of aliphatic imine (C=N–C) groups is 1. The van der Waals surface area contributed by atoms with Crippen LogP contribution in [0.25, 0.3) is 0 Å². The lowest BCUT2D eigenvalue weighted by atomic mass is 10.1. The standard InChI is InChI=1S/C22H38N4O2.HI/c1-6-23-22(24-16-18(2)17-26-12-7-8-13-26)25(3)14-11-19-9-10-20(27-4)21(15-19)28-5;/h9-10,15,18H,6-8,11-14,16-17H2,1-5H3,(H,23,24);1H. The first-order chi connectivity index (χ1) is 13.6. The summed E-state index contributed by atoms with van der Waals surface area (Å²) in [5.41, 5.74) is 1.22. The van der Waals surface area contributed by atoms with Gasteiger partial charge in [-0.3, -0.25) is 4.99 Å². The van der Waals surface area contributed by atoms with Gasteiger partial charge in [0.2, 0.25) is 0 Å². The molecule has 0 amide bonds. The number of methoxy groups -OCH3 is 2. The summed E-state index contributed by atoms with van der Waals surface area (Å²) in [7, 11) is 5.44. The number of rotatable bonds is 10. The summed E-state index contributed by atoms with van der Waals surface area (Å²) in [6.07, 6.45) is 3.61. The second-order valence-electron chi connectivity index (χ2n) is 7.67. The van der Waals surface area contributed by atoms with Crippen molar-refractivity contribution in [3.05, 3.63) is 23.8 Å². The third kappa shape index (κ3) is 8.58. The number of nitrogens with one attached hydrogen (secondary N) is 1. The van der Waals surface area contributed by atoms with E-state index in [1.165, 1.54) is 31.5 Å². The molecule has 0 spiro atoms. The Morgan fingerprint density at radius 3 is 2.52 bits per heavy atom. The van der Waals surface area contributed by atoms with E-state index in [-0.39, 0.29) is 24.0 Å². The first kappa shape index (κ1) is 25.8. The number of nitrogens with zero attached hydrogens (tertiary/aromatic N) is 3. The quantitative estimate of drug-likeness (QED) is 0.292. The third-order valence-electron chi connectivity index (χ3n) is 5.20. The minimum Gasteiger partial charge on any atom is -0.493 e. The Kier molecular flexibility index (Phi) is 12.4. The van der Waals surface area contributed by atoms with Gasteiger partial charge in [-0.1, -0.05) is 13.0 Å². The zero-order valence-electron chi connectivity index (χ0n) is 18.7. The molecule has 1 fully saturated rings. The van der Waals surface area contributed by atoms with Crippen molar-refractivity contribution in [3.63, 3.8) is 0 Å². The molecule has 7 heteroatoms. The molecular weight excluding hydrogens is 479 g/mol. The fraction of sp³-hybridized carbons (Fsp3) is 0.682. The van der Waals surface area contributed by atoms with Gasteiger partial charge in [-0.25, -0.2) is 0 Å². The smallest absolute Gasteiger partial charge is 0.193 e. The van der Waals surface area contributed by atoms with Crippen molar-refractivity contribution < 1.29 is 9.47 Å². The van der Waals surface area contributed by atoms with Gasteiger partial charge in [0, 0.05) is 33.2 Å². The lowest BCUT2D eigenvalue weighted by Crippen LogP contribution is -2.40. The van der Waals surface area contributed by atoms with E-state index in [4.69, 9.17) is 14.5 Å². The van der Waals surface area contributed by atoms with Crippen LogP contribution in [-0.4, -0.2) is 76.3 Å². The Labute approximate surface area is 194 Å². The molecule has 0 aliphatic carbocycles. The molecule has 1 N–H and O–H groups in total. The van der Waals surface area contributed by atoms with Crippen LogP contribution in [0.15, 0.2) is 23.2 Å². The van der Waals surface area contributed by atoms with E-state index in [2.05, 4.69) is 48.1 Å². The molecule has 1 heterocycles. The Morgan fingerprint density at radius 1 is 1.21 bits per heavy atom. The Hall–Kier alpha value is -1.22. The van der Waals surface area contributed by atoms with Crippen LogP contribution in [0.5, 0.6) is 11.5 Å². The number of halogens is 1. The minimum absolute atomic E-state index is 0. The molecule has 1 atom stereocenters. The van der Waals surface area contributed by atoms with Gasteiger partial charge in [-0.15, -0.1) is 24.0 Å². The number of guanidine groups is 1. The van der Waals surface area contributed by atoms with Gasteiger partial charge in [0.05, 0.1) is 14.2 Å². The monoisotopic (exact) mass is 518 g/mol. The van der Waals surface area contributed by atoms with Crippen LogP contribution in [0.4, 0.5) is 0 Å². The average molecular weight is 518 g/mol. The second-order valence-corrected chi connectivity index (χ2v) is 7.67. The largest absolute Gasteiger partial charge is 0.493 e. The molecule has 1 aromatic carbocycles. The molecular formula is C22H39IN4O2. The molecule has 0 radical (unpaired) electrons. The maximum absolute atomic E-state index is 5.41. The van der Waals surface area contributed by atoms with Gasteiger partial charge in [0.25, 0.3) is 0 Å². The van der Waals surface area contributed by atoms with Crippen LogP contribution in [0.1, 0.15) is 32.3 Å². The second kappa shape index (κ2) is 13.9. The molecule has 1 unspecified atom stereocenters. The summed E-state index contributed by atoms with van der Waals surface area (Å²) in [5, 5.41) is 3.43. The Morgan fingerprint density at radius 2 is 1.90 bits per heavy atom. The number of benzene rings is 1. The van der Waals surface area contributed by atoms with Crippen LogP contribution < -0.4 is 14.8 Å². The molecule has 0 aromatic heterocycles. The van der Waals surface area contributed by atoms with E-state index >= 15 is 0 Å². The van der Waals surface area contributed by atoms with E-state index in [1.54, 1.807) is 14.2 Å². The Bertz CT molecular complexity index is 621. The van der Waals surface area contributed by atoms with Gasteiger partial charge in [-0.05, 0) is 62.9 Å². The predicted molar refractivity (Wildman–Crippen MR) is 132 cm³/mol. The molecule has 1 aromatic rings. The molecule has 0 saturated carbocycles. The minimum atomic E-state index is 0. The van der Waals surface area contributed by atoms with E-state index in [9.17, 15) is 0 Å². The number of likely N-dealkylation sites (tertiary alicyclic amines) is 1. The summed E-state index contributed by atoms with van der Waals surface area (Å²) in [4.78, 5) is 9.66. The highest BCUT2D eigenvalue weighted by atomic mass is 127. The predicted octanol–water partition coefficient (Wildman–Crippen LogP) is 3.49. The van der Waals surface area contributed by atoms with Gasteiger partial charge >= 0.3 is 0 Å². The number of likely N-dealkylation sites (N-methyl/N-ethyl adjacent to an activating group) is 1. The van der Waals surface area contributed by atoms with E-state index in [0.717, 1.165) is 50.1 Å². The van der Waals surface area contributed by atoms with Gasteiger partial charge in [0.15, 0.2) is 17.5 Å². The normalized spacial score (nSPS) is 15.6. The molecule has 29 heavy (non-hydrogen) atoms. The van der Waals surface area contributed by atoms with Crippen LogP contribution in [0.2, 0.25) is 0 Å². The van der Waals surface area contributed by atoms with Crippen molar-refractivity contribution >= 4 is 29.9 Å². The molecule has 0 bridgehead atoms. The van der Waals surface area contributed by atoms with E-state index < -0.39 is 0 Å². The first-order valence-electron chi connectivity index (χ1n) is 10.5. The van der Waals surface area contributed by atoms with Gasteiger partial charge in [-0.2, -0.15) is 0 Å². The Balaban J connectivity index is 0.00000420. The van der Waals surface area contributed by atoms with E-state index in [1.807, 2.05) is 6.07 Å². The third-order valence-corrected chi connectivity index (χ3v) is 5.20. The van der Waals surface area contributed by atoms with Crippen LogP contribution in [0, 0.1) is 5.92 Å². The maximum Gasteiger partial charge on any atom is 0.193 e. The van der Waals surface area contributed by atoms with Crippen molar-refractivity contribution in [2.45, 2.75) is 33.1 Å². The summed E-state index contributed by atoms with van der Waals surface area (Å²) in [6.45, 7) is 10.7. The van der Waals surface area contributed by atoms with Crippen molar-refractivity contribution in [2.24, 2.45) is 10.9 Å². The molecule has 2 rings (SSSR count). The molecule has 1 saturated heterocycles. The number of ether oxygens (including phenoxy) is 2. The van der Waals surface area contributed by atoms with Crippen molar-refractivity contribution in [1.82, 2.24) is 15.1 Å². The van der Waals surface area contributed by atoms with Crippen LogP contribution >= 0.6 is 24.0 Å². The summed E-state index contributed by atoms with van der Waals surface area (Å²) in [6, 6.07) is 6.11. The van der Waals surface area contributed by atoms with Crippen LogP contribution in [-0.2, 0) is 6.42 Å². The average Bonchev–Trinajstić information content (AvgIpc) is 3.21. The molecule has 166 valence electrons. The van der Waals surface area contributed by atoms with Crippen molar-refractivity contribution in [2.75, 3.05) is 60.5 Å². The maximum atomic E-state index is 5.41. The summed E-state index contributed by atoms with van der Waals surface area (Å²) in [5.74, 6) is 3.10. The molecule has 6 nitrogen and oxygen atoms in total. The van der Waals surface area contributed by atoms with Crippen molar-refractivity contribution in [3.8, 4) is 11.5 Å². The van der Waals surface area contributed by atoms with Gasteiger partial charge < -0.3 is 24.6 Å². The first-order valence-corrected chi connectivity index (χ1v) is 10.5. The lowest BCUT2D eigenvalue weighted by molar-refractivity contribution is 0.291. The summed E-state index contributed by atoms with van der Waals surface area (Å²) < 4.78 is 10.7. The van der Waals surface area contributed by atoms with Gasteiger partial charge in [0.1, 0.15) is 0 Å². The number of hydrogen-bond donors (Lipinski definition) is 1. The fourth-order valence-corrected chi connectivity index (χ4v) is 3.61. The highest BCUT2D eigenvalue weighted by Gasteiger charge is 2.15. The topological polar surface area (TPSA) is 49.3 Å². The zero-order chi connectivity index (χ0) is 20.4. The fourth-order valence-electron chi connectivity index (χ4n) is 3.61. The lowest BCUT2D eigenvalue weighted by Gasteiger charge is -2.24. The van der Waals surface area contributed by atoms with E-state index in [0.29, 0.717) is 5.92 Å². The van der Waals surface area contributed by atoms with Crippen molar-refractivity contribution in [1.29, 1.82) is 0 Å². The zero-order valence-corrected chi connectivity index (χ0v) is 21.1. The number of hydrogen-bond acceptors (Lipinski definition) is 4.